The summed E-state index contributed by atoms with van der Waals surface area (Å²) < 4.78 is 5.50. The molecule has 4 heterocycles. The van der Waals surface area contributed by atoms with Gasteiger partial charge in [0.05, 0.1) is 0 Å². The normalized spacial score (nSPS) is 40.7. The van der Waals surface area contributed by atoms with Crippen molar-refractivity contribution in [2.45, 2.75) is 70.2 Å². The van der Waals surface area contributed by atoms with Crippen LogP contribution >= 0.6 is 0 Å². The highest BCUT2D eigenvalue weighted by molar-refractivity contribution is 5.89. The largest absolute Gasteiger partial charge is 0.456 e. The summed E-state index contributed by atoms with van der Waals surface area (Å²) in [5, 5.41) is 10.5. The van der Waals surface area contributed by atoms with E-state index in [0.29, 0.717) is 29.9 Å². The third-order valence-corrected chi connectivity index (χ3v) is 7.03. The summed E-state index contributed by atoms with van der Waals surface area (Å²) in [5.74, 6) is 0.247. The van der Waals surface area contributed by atoms with E-state index in [1.54, 1.807) is 19.9 Å². The smallest absolute Gasteiger partial charge is 0.333 e. The highest BCUT2D eigenvalue weighted by Gasteiger charge is 2.53. The van der Waals surface area contributed by atoms with Gasteiger partial charge in [-0.15, -0.1) is 0 Å². The standard InChI is InChI=1S/C20H30N2O4/c1-3-12(2)20(25)26-17-9-16-13-8-14(11-22(16)19(24)18(17)23)15-6-4-5-7-21(15)10-13/h3,13-18,23H,4-11H2,1-2H3. The summed E-state index contributed by atoms with van der Waals surface area (Å²) in [6.07, 6.45) is 5.20. The summed E-state index contributed by atoms with van der Waals surface area (Å²) in [5.41, 5.74) is 0.504. The number of allylic oxidation sites excluding steroid dienone is 1. The summed E-state index contributed by atoms with van der Waals surface area (Å²) in [6, 6.07) is 0.674. The van der Waals surface area contributed by atoms with Crippen molar-refractivity contribution in [3.05, 3.63) is 11.6 Å². The summed E-state index contributed by atoms with van der Waals surface area (Å²) in [7, 11) is 0. The summed E-state index contributed by atoms with van der Waals surface area (Å²) >= 11 is 0. The van der Waals surface area contributed by atoms with E-state index in [-0.39, 0.29) is 11.9 Å². The monoisotopic (exact) mass is 362 g/mol. The van der Waals surface area contributed by atoms with Crippen LogP contribution < -0.4 is 0 Å². The Morgan fingerprint density at radius 3 is 2.73 bits per heavy atom. The molecule has 0 aliphatic carbocycles. The first kappa shape index (κ1) is 18.0. The number of aliphatic hydroxyl groups is 1. The van der Waals surface area contributed by atoms with Crippen LogP contribution in [0.15, 0.2) is 11.6 Å². The Labute approximate surface area is 155 Å². The predicted molar refractivity (Wildman–Crippen MR) is 96.2 cm³/mol. The van der Waals surface area contributed by atoms with Crippen LogP contribution in [-0.4, -0.2) is 70.7 Å². The molecule has 4 aliphatic rings. The lowest BCUT2D eigenvalue weighted by molar-refractivity contribution is -0.181. The first-order valence-electron chi connectivity index (χ1n) is 10.1. The molecule has 6 nitrogen and oxygen atoms in total. The molecule has 0 spiro atoms. The van der Waals surface area contributed by atoms with Crippen LogP contribution in [0.5, 0.6) is 0 Å². The highest BCUT2D eigenvalue weighted by atomic mass is 16.6. The van der Waals surface area contributed by atoms with Crippen molar-refractivity contribution in [2.75, 3.05) is 19.6 Å². The third kappa shape index (κ3) is 2.97. The average molecular weight is 362 g/mol. The van der Waals surface area contributed by atoms with E-state index < -0.39 is 18.2 Å². The lowest BCUT2D eigenvalue weighted by Crippen LogP contribution is -2.68. The molecule has 0 radical (unpaired) electrons. The molecule has 26 heavy (non-hydrogen) atoms. The Kier molecular flexibility index (Phi) is 4.82. The molecule has 6 heteroatoms. The van der Waals surface area contributed by atoms with Crippen molar-refractivity contribution in [3.8, 4) is 0 Å². The molecule has 144 valence electrons. The number of fused-ring (bicyclic) bond motifs is 6. The number of ether oxygens (including phenoxy) is 1. The zero-order chi connectivity index (χ0) is 18.4. The summed E-state index contributed by atoms with van der Waals surface area (Å²) in [4.78, 5) is 29.5. The molecular weight excluding hydrogens is 332 g/mol. The summed E-state index contributed by atoms with van der Waals surface area (Å²) in [6.45, 7) is 6.40. The number of nitrogens with zero attached hydrogens (tertiary/aromatic N) is 2. The minimum atomic E-state index is -1.24. The number of amides is 1. The quantitative estimate of drug-likeness (QED) is 0.593. The molecular formula is C20H30N2O4. The zero-order valence-electron chi connectivity index (χ0n) is 15.8. The van der Waals surface area contributed by atoms with Crippen molar-refractivity contribution in [1.29, 1.82) is 0 Å². The lowest BCUT2D eigenvalue weighted by Gasteiger charge is -2.57. The van der Waals surface area contributed by atoms with E-state index >= 15 is 0 Å². The Hall–Kier alpha value is -1.40. The topological polar surface area (TPSA) is 70.1 Å². The van der Waals surface area contributed by atoms with Crippen LogP contribution in [0.3, 0.4) is 0 Å². The fourth-order valence-electron chi connectivity index (χ4n) is 5.55. The average Bonchev–Trinajstić information content (AvgIpc) is 2.66. The first-order chi connectivity index (χ1) is 12.5. The van der Waals surface area contributed by atoms with Crippen LogP contribution in [0.1, 0.15) is 46.0 Å². The number of piperidine rings is 4. The number of rotatable bonds is 2. The number of aliphatic hydroxyl groups excluding tert-OH is 1. The maximum absolute atomic E-state index is 12.8. The Morgan fingerprint density at radius 1 is 1.19 bits per heavy atom. The Bertz CT molecular complexity index is 619. The van der Waals surface area contributed by atoms with Gasteiger partial charge in [-0.1, -0.05) is 12.5 Å². The molecule has 1 amide bonds. The molecule has 0 saturated carbocycles. The maximum atomic E-state index is 12.8. The maximum Gasteiger partial charge on any atom is 0.333 e. The van der Waals surface area contributed by atoms with Crippen LogP contribution in [0.2, 0.25) is 0 Å². The molecule has 4 saturated heterocycles. The minimum Gasteiger partial charge on any atom is -0.456 e. The second-order valence-electron chi connectivity index (χ2n) is 8.47. The predicted octanol–water partition coefficient (Wildman–Crippen LogP) is 1.33. The van der Waals surface area contributed by atoms with E-state index in [9.17, 15) is 14.7 Å². The van der Waals surface area contributed by atoms with Crippen molar-refractivity contribution < 1.29 is 19.4 Å². The molecule has 2 bridgehead atoms. The van der Waals surface area contributed by atoms with Crippen LogP contribution in [0.4, 0.5) is 0 Å². The van der Waals surface area contributed by atoms with Crippen molar-refractivity contribution in [2.24, 2.45) is 11.8 Å². The third-order valence-electron chi connectivity index (χ3n) is 7.03. The van der Waals surface area contributed by atoms with Gasteiger partial charge in [0.1, 0.15) is 6.10 Å². The Morgan fingerprint density at radius 2 is 1.96 bits per heavy atom. The van der Waals surface area contributed by atoms with Gasteiger partial charge >= 0.3 is 5.97 Å². The second kappa shape index (κ2) is 6.97. The van der Waals surface area contributed by atoms with E-state index in [0.717, 1.165) is 19.5 Å². The molecule has 0 aromatic carbocycles. The lowest BCUT2D eigenvalue weighted by atomic mass is 9.70. The number of carbonyl (C=O) groups excluding carboxylic acids is 2. The molecule has 1 N–H and O–H groups in total. The van der Waals surface area contributed by atoms with Gasteiger partial charge in [-0.2, -0.15) is 0 Å². The number of carbonyl (C=O) groups is 2. The Balaban J connectivity index is 1.52. The van der Waals surface area contributed by atoms with E-state index in [1.165, 1.54) is 25.8 Å². The molecule has 0 aromatic heterocycles. The van der Waals surface area contributed by atoms with Gasteiger partial charge in [0.25, 0.3) is 5.91 Å². The van der Waals surface area contributed by atoms with Gasteiger partial charge in [0.15, 0.2) is 6.10 Å². The molecule has 4 fully saturated rings. The SMILES string of the molecule is CC=C(C)C(=O)OC1CC2C3CC(CN2C(=O)C1O)C1CCCCN1C3. The van der Waals surface area contributed by atoms with Crippen LogP contribution in [0.25, 0.3) is 0 Å². The molecule has 0 aromatic rings. The molecule has 4 aliphatic heterocycles. The fourth-order valence-corrected chi connectivity index (χ4v) is 5.55. The van der Waals surface area contributed by atoms with Gasteiger partial charge in [-0.25, -0.2) is 4.79 Å². The second-order valence-corrected chi connectivity index (χ2v) is 8.47. The van der Waals surface area contributed by atoms with Crippen molar-refractivity contribution in [1.82, 2.24) is 9.80 Å². The van der Waals surface area contributed by atoms with E-state index in [4.69, 9.17) is 4.74 Å². The molecule has 6 atom stereocenters. The van der Waals surface area contributed by atoms with Crippen LogP contribution in [0, 0.1) is 11.8 Å². The van der Waals surface area contributed by atoms with Crippen molar-refractivity contribution >= 4 is 11.9 Å². The number of hydrogen-bond acceptors (Lipinski definition) is 5. The molecule has 6 unspecified atom stereocenters. The number of hydrogen-bond donors (Lipinski definition) is 1. The van der Waals surface area contributed by atoms with Gasteiger partial charge in [0.2, 0.25) is 0 Å². The van der Waals surface area contributed by atoms with Crippen molar-refractivity contribution in [3.63, 3.8) is 0 Å². The van der Waals surface area contributed by atoms with E-state index in [2.05, 4.69) is 4.90 Å². The highest BCUT2D eigenvalue weighted by Crippen LogP contribution is 2.43. The van der Waals surface area contributed by atoms with Gasteiger partial charge < -0.3 is 14.7 Å². The van der Waals surface area contributed by atoms with Gasteiger partial charge in [0, 0.05) is 37.2 Å². The minimum absolute atomic E-state index is 0.0775. The van der Waals surface area contributed by atoms with Gasteiger partial charge in [-0.05, 0) is 51.5 Å². The number of esters is 1. The first-order valence-corrected chi connectivity index (χ1v) is 10.1. The van der Waals surface area contributed by atoms with Gasteiger partial charge in [-0.3, -0.25) is 9.69 Å². The molecule has 4 rings (SSSR count). The van der Waals surface area contributed by atoms with E-state index in [1.807, 2.05) is 4.90 Å². The fraction of sp³-hybridized carbons (Fsp3) is 0.800. The zero-order valence-corrected chi connectivity index (χ0v) is 15.8. The van der Waals surface area contributed by atoms with Crippen LogP contribution in [-0.2, 0) is 14.3 Å².